The summed E-state index contributed by atoms with van der Waals surface area (Å²) in [5.41, 5.74) is 2.87. The van der Waals surface area contributed by atoms with Crippen molar-refractivity contribution in [2.75, 3.05) is 37.9 Å². The molecule has 0 atom stereocenters. The molecule has 0 saturated carbocycles. The molecule has 0 spiro atoms. The van der Waals surface area contributed by atoms with E-state index in [0.29, 0.717) is 18.8 Å². The Balaban J connectivity index is 1.31. The van der Waals surface area contributed by atoms with Gasteiger partial charge in [-0.2, -0.15) is 4.98 Å². The van der Waals surface area contributed by atoms with Crippen LogP contribution in [0, 0.1) is 24.0 Å². The van der Waals surface area contributed by atoms with Crippen molar-refractivity contribution in [3.05, 3.63) is 69.5 Å². The highest BCUT2D eigenvalue weighted by Crippen LogP contribution is 2.38. The predicted octanol–water partition coefficient (Wildman–Crippen LogP) is 3.84. The average molecular weight is 463 g/mol. The van der Waals surface area contributed by atoms with Gasteiger partial charge in [-0.25, -0.2) is 4.98 Å². The van der Waals surface area contributed by atoms with Crippen LogP contribution in [-0.4, -0.2) is 52.8 Å². The van der Waals surface area contributed by atoms with Gasteiger partial charge in [0, 0.05) is 32.7 Å². The van der Waals surface area contributed by atoms with Gasteiger partial charge >= 0.3 is 11.6 Å². The lowest BCUT2D eigenvalue weighted by atomic mass is 10.1. The smallest absolute Gasteiger partial charge is 0.373 e. The molecule has 0 N–H and O–H groups in total. The molecule has 3 heterocycles. The number of anilines is 1. The van der Waals surface area contributed by atoms with E-state index in [2.05, 4.69) is 14.9 Å². The maximum atomic E-state index is 12.0. The summed E-state index contributed by atoms with van der Waals surface area (Å²) in [5.74, 6) is 2.31. The lowest BCUT2D eigenvalue weighted by Crippen LogP contribution is -2.46. The van der Waals surface area contributed by atoms with Gasteiger partial charge < -0.3 is 19.1 Å². The molecule has 2 aliphatic heterocycles. The van der Waals surface area contributed by atoms with Crippen molar-refractivity contribution in [1.82, 2.24) is 14.9 Å². The lowest BCUT2D eigenvalue weighted by molar-refractivity contribution is -0.385. The zero-order valence-corrected chi connectivity index (χ0v) is 19.1. The number of piperazine rings is 1. The van der Waals surface area contributed by atoms with Crippen LogP contribution in [0.2, 0.25) is 0 Å². The molecule has 0 radical (unpaired) electrons. The molecule has 0 unspecified atom stereocenters. The lowest BCUT2D eigenvalue weighted by Gasteiger charge is -2.35. The molecule has 2 aliphatic rings. The van der Waals surface area contributed by atoms with E-state index >= 15 is 0 Å². The van der Waals surface area contributed by atoms with Crippen LogP contribution in [0.15, 0.2) is 42.7 Å². The number of nitro groups is 1. The van der Waals surface area contributed by atoms with E-state index < -0.39 is 4.92 Å². The van der Waals surface area contributed by atoms with Crippen LogP contribution in [0.25, 0.3) is 0 Å². The second-order valence-corrected chi connectivity index (χ2v) is 8.36. The topological polar surface area (TPSA) is 103 Å². The second-order valence-electron chi connectivity index (χ2n) is 8.36. The third-order valence-electron chi connectivity index (χ3n) is 6.23. The summed E-state index contributed by atoms with van der Waals surface area (Å²) in [6, 6.07) is 11.6. The third-order valence-corrected chi connectivity index (χ3v) is 6.23. The van der Waals surface area contributed by atoms with Crippen LogP contribution in [0.1, 0.15) is 16.7 Å². The summed E-state index contributed by atoms with van der Waals surface area (Å²) in [6.45, 7) is 7.58. The largest absolute Gasteiger partial charge is 0.454 e. The Bertz CT molecular complexity index is 1230. The normalized spacial score (nSPS) is 15.4. The summed E-state index contributed by atoms with van der Waals surface area (Å²) in [4.78, 5) is 24.1. The van der Waals surface area contributed by atoms with Gasteiger partial charge in [0.2, 0.25) is 12.6 Å². The van der Waals surface area contributed by atoms with Crippen molar-refractivity contribution < 1.29 is 19.1 Å². The molecule has 1 aromatic heterocycles. The highest BCUT2D eigenvalue weighted by Gasteiger charge is 2.31. The Kier molecular flexibility index (Phi) is 5.89. The van der Waals surface area contributed by atoms with E-state index in [9.17, 15) is 10.1 Å². The van der Waals surface area contributed by atoms with E-state index in [1.165, 1.54) is 6.33 Å². The number of nitrogens with zero attached hydrogens (tertiary/aromatic N) is 5. The number of fused-ring (bicyclic) bond motifs is 1. The van der Waals surface area contributed by atoms with Crippen LogP contribution >= 0.6 is 0 Å². The Morgan fingerprint density at radius 2 is 1.85 bits per heavy atom. The zero-order valence-electron chi connectivity index (χ0n) is 19.1. The van der Waals surface area contributed by atoms with Crippen LogP contribution in [0.3, 0.4) is 0 Å². The first kappa shape index (κ1) is 21.9. The number of ether oxygens (including phenoxy) is 3. The van der Waals surface area contributed by atoms with Gasteiger partial charge in [-0.1, -0.05) is 18.2 Å². The molecule has 5 rings (SSSR count). The fourth-order valence-corrected chi connectivity index (χ4v) is 4.17. The fraction of sp³-hybridized carbons (Fsp3) is 0.333. The molecule has 10 nitrogen and oxygen atoms in total. The summed E-state index contributed by atoms with van der Waals surface area (Å²) < 4.78 is 16.7. The van der Waals surface area contributed by atoms with E-state index in [1.54, 1.807) is 6.07 Å². The standard InChI is InChI=1S/C24H25N5O5/c1-16-4-3-5-19(17(16)2)34-24-22(29(30)31)23(25-14-26-24)28-10-8-27(9-11-28)13-18-6-7-20-21(12-18)33-15-32-20/h3-7,12,14H,8-11,13,15H2,1-2H3. The number of hydrogen-bond donors (Lipinski definition) is 0. The molecule has 0 amide bonds. The monoisotopic (exact) mass is 463 g/mol. The van der Waals surface area contributed by atoms with Gasteiger partial charge in [0.05, 0.1) is 4.92 Å². The average Bonchev–Trinajstić information content (AvgIpc) is 3.30. The first-order chi connectivity index (χ1) is 16.5. The van der Waals surface area contributed by atoms with E-state index in [-0.39, 0.29) is 24.2 Å². The van der Waals surface area contributed by atoms with Gasteiger partial charge in [-0.15, -0.1) is 0 Å². The number of aryl methyl sites for hydroxylation is 1. The minimum Gasteiger partial charge on any atom is -0.454 e. The zero-order chi connectivity index (χ0) is 23.7. The summed E-state index contributed by atoms with van der Waals surface area (Å²) in [6.07, 6.45) is 1.32. The van der Waals surface area contributed by atoms with Gasteiger partial charge in [-0.05, 0) is 48.7 Å². The Morgan fingerprint density at radius 1 is 1.06 bits per heavy atom. The van der Waals surface area contributed by atoms with Gasteiger partial charge in [0.25, 0.3) is 0 Å². The van der Waals surface area contributed by atoms with Crippen molar-refractivity contribution in [3.8, 4) is 23.1 Å². The van der Waals surface area contributed by atoms with Gasteiger partial charge in [0.1, 0.15) is 12.1 Å². The van der Waals surface area contributed by atoms with Crippen LogP contribution in [0.4, 0.5) is 11.5 Å². The number of rotatable bonds is 6. The Labute approximate surface area is 196 Å². The Morgan fingerprint density at radius 3 is 2.65 bits per heavy atom. The molecule has 0 aliphatic carbocycles. The third kappa shape index (κ3) is 4.32. The molecule has 34 heavy (non-hydrogen) atoms. The molecule has 3 aromatic rings. The first-order valence-electron chi connectivity index (χ1n) is 11.1. The molecule has 1 saturated heterocycles. The molecule has 0 bridgehead atoms. The SMILES string of the molecule is Cc1cccc(Oc2ncnc(N3CCN(Cc4ccc5c(c4)OCO5)CC3)c2[N+](=O)[O-])c1C. The molecule has 176 valence electrons. The first-order valence-corrected chi connectivity index (χ1v) is 11.1. The Hall–Kier alpha value is -3.92. The summed E-state index contributed by atoms with van der Waals surface area (Å²) >= 11 is 0. The van der Waals surface area contributed by atoms with Crippen LogP contribution in [0.5, 0.6) is 23.1 Å². The van der Waals surface area contributed by atoms with Crippen LogP contribution < -0.4 is 19.1 Å². The number of aromatic nitrogens is 2. The van der Waals surface area contributed by atoms with Crippen molar-refractivity contribution in [2.24, 2.45) is 0 Å². The van der Waals surface area contributed by atoms with Gasteiger partial charge in [-0.3, -0.25) is 15.0 Å². The minimum atomic E-state index is -0.464. The molecule has 1 fully saturated rings. The molecular weight excluding hydrogens is 438 g/mol. The van der Waals surface area contributed by atoms with Crippen molar-refractivity contribution in [3.63, 3.8) is 0 Å². The highest BCUT2D eigenvalue weighted by atomic mass is 16.7. The minimum absolute atomic E-state index is 0.0495. The van der Waals surface area contributed by atoms with E-state index in [0.717, 1.165) is 47.8 Å². The van der Waals surface area contributed by atoms with E-state index in [4.69, 9.17) is 14.2 Å². The van der Waals surface area contributed by atoms with Crippen molar-refractivity contribution in [2.45, 2.75) is 20.4 Å². The predicted molar refractivity (Wildman–Crippen MR) is 125 cm³/mol. The number of benzene rings is 2. The summed E-state index contributed by atoms with van der Waals surface area (Å²) in [7, 11) is 0. The number of hydrogen-bond acceptors (Lipinski definition) is 9. The molecule has 2 aromatic carbocycles. The van der Waals surface area contributed by atoms with Crippen molar-refractivity contribution >= 4 is 11.5 Å². The van der Waals surface area contributed by atoms with Crippen molar-refractivity contribution in [1.29, 1.82) is 0 Å². The quantitative estimate of drug-likeness (QED) is 0.398. The molecular formula is C24H25N5O5. The van der Waals surface area contributed by atoms with E-state index in [1.807, 2.05) is 49.1 Å². The maximum absolute atomic E-state index is 12.0. The van der Waals surface area contributed by atoms with Crippen LogP contribution in [-0.2, 0) is 6.54 Å². The van der Waals surface area contributed by atoms with Gasteiger partial charge in [0.15, 0.2) is 11.5 Å². The maximum Gasteiger partial charge on any atom is 0.373 e. The highest BCUT2D eigenvalue weighted by molar-refractivity contribution is 5.64. The fourth-order valence-electron chi connectivity index (χ4n) is 4.17. The summed E-state index contributed by atoms with van der Waals surface area (Å²) in [5, 5.41) is 12.0. The molecule has 10 heteroatoms. The second kappa shape index (κ2) is 9.14.